The molecule has 0 atom stereocenters. The zero-order valence-electron chi connectivity index (χ0n) is 14.9. The van der Waals surface area contributed by atoms with Crippen LogP contribution in [0.5, 0.6) is 11.5 Å². The number of carbonyl (C=O) groups is 1. The summed E-state index contributed by atoms with van der Waals surface area (Å²) < 4.78 is 18.5. The number of benzene rings is 3. The van der Waals surface area contributed by atoms with Gasteiger partial charge in [-0.25, -0.2) is 4.39 Å². The van der Waals surface area contributed by atoms with E-state index in [2.05, 4.69) is 0 Å². The van der Waals surface area contributed by atoms with Crippen LogP contribution in [0.3, 0.4) is 0 Å². The first-order valence-electron chi connectivity index (χ1n) is 8.41. The summed E-state index contributed by atoms with van der Waals surface area (Å²) in [6.07, 6.45) is 1.28. The van der Waals surface area contributed by atoms with Crippen LogP contribution in [0, 0.1) is 27.3 Å². The molecule has 0 aliphatic heterocycles. The second-order valence-electron chi connectivity index (χ2n) is 5.91. The predicted octanol–water partition coefficient (Wildman–Crippen LogP) is 5.32. The molecule has 0 radical (unpaired) electrons. The van der Waals surface area contributed by atoms with Crippen molar-refractivity contribution in [3.63, 3.8) is 0 Å². The minimum Gasteiger partial charge on any atom is -0.450 e. The minimum absolute atomic E-state index is 0.0494. The Morgan fingerprint density at radius 2 is 1.76 bits per heavy atom. The van der Waals surface area contributed by atoms with Crippen molar-refractivity contribution in [1.82, 2.24) is 0 Å². The molecule has 29 heavy (non-hydrogen) atoms. The lowest BCUT2D eigenvalue weighted by atomic mass is 10.0. The number of nitrogens with zero attached hydrogens (tertiary/aromatic N) is 2. The molecule has 0 amide bonds. The summed E-state index contributed by atoms with van der Waals surface area (Å²) in [6.45, 7) is 0. The Hall–Kier alpha value is -4.31. The lowest BCUT2D eigenvalue weighted by Gasteiger charge is -2.07. The summed E-state index contributed by atoms with van der Waals surface area (Å²) in [4.78, 5) is 23.3. The SMILES string of the molecule is N#CC(=Cc1ccc(Oc2ccc(F)cc2)c([N+](=O)[O-])c1)C(=O)c1ccccc1. The number of nitro groups is 1. The largest absolute Gasteiger partial charge is 0.450 e. The second-order valence-corrected chi connectivity index (χ2v) is 5.91. The van der Waals surface area contributed by atoms with Crippen LogP contribution >= 0.6 is 0 Å². The fourth-order valence-electron chi connectivity index (χ4n) is 2.54. The van der Waals surface area contributed by atoms with E-state index in [1.165, 1.54) is 48.5 Å². The van der Waals surface area contributed by atoms with E-state index in [-0.39, 0.29) is 22.8 Å². The molecular weight excluding hydrogens is 375 g/mol. The first-order valence-corrected chi connectivity index (χ1v) is 8.41. The molecule has 0 aliphatic rings. The molecule has 0 N–H and O–H groups in total. The van der Waals surface area contributed by atoms with E-state index < -0.39 is 16.5 Å². The molecule has 3 aromatic rings. The zero-order valence-corrected chi connectivity index (χ0v) is 14.9. The maximum atomic E-state index is 13.0. The van der Waals surface area contributed by atoms with Gasteiger partial charge in [-0.05, 0) is 42.0 Å². The van der Waals surface area contributed by atoms with Gasteiger partial charge in [-0.3, -0.25) is 14.9 Å². The fraction of sp³-hybridized carbons (Fsp3) is 0. The fourth-order valence-corrected chi connectivity index (χ4v) is 2.54. The van der Waals surface area contributed by atoms with Gasteiger partial charge >= 0.3 is 5.69 Å². The Labute approximate surface area is 165 Å². The number of nitriles is 1. The van der Waals surface area contributed by atoms with Crippen LogP contribution in [-0.2, 0) is 0 Å². The van der Waals surface area contributed by atoms with Gasteiger partial charge in [-0.15, -0.1) is 0 Å². The maximum absolute atomic E-state index is 13.0. The van der Waals surface area contributed by atoms with E-state index in [4.69, 9.17) is 4.74 Å². The number of halogens is 1. The Morgan fingerprint density at radius 3 is 2.38 bits per heavy atom. The molecule has 0 aliphatic carbocycles. The van der Waals surface area contributed by atoms with Gasteiger partial charge in [0, 0.05) is 11.6 Å². The van der Waals surface area contributed by atoms with Gasteiger partial charge in [-0.2, -0.15) is 5.26 Å². The molecule has 0 bridgehead atoms. The van der Waals surface area contributed by atoms with Crippen molar-refractivity contribution < 1.29 is 18.8 Å². The molecular formula is C22H13FN2O4. The number of carbonyl (C=O) groups excluding carboxylic acids is 1. The predicted molar refractivity (Wildman–Crippen MR) is 104 cm³/mol. The molecule has 0 saturated heterocycles. The highest BCUT2D eigenvalue weighted by atomic mass is 19.1. The van der Waals surface area contributed by atoms with Gasteiger partial charge in [0.15, 0.2) is 0 Å². The van der Waals surface area contributed by atoms with Crippen molar-refractivity contribution in [3.8, 4) is 17.6 Å². The zero-order chi connectivity index (χ0) is 20.8. The Balaban J connectivity index is 1.94. The van der Waals surface area contributed by atoms with Gasteiger partial charge in [-0.1, -0.05) is 36.4 Å². The Morgan fingerprint density at radius 1 is 1.07 bits per heavy atom. The molecule has 0 fully saturated rings. The summed E-state index contributed by atoms with van der Waals surface area (Å²) in [7, 11) is 0. The maximum Gasteiger partial charge on any atom is 0.312 e. The normalized spacial score (nSPS) is 10.8. The molecule has 3 aromatic carbocycles. The van der Waals surface area contributed by atoms with Crippen molar-refractivity contribution in [2.45, 2.75) is 0 Å². The summed E-state index contributed by atoms with van der Waals surface area (Å²) in [5, 5.41) is 20.8. The average Bonchev–Trinajstić information content (AvgIpc) is 2.74. The van der Waals surface area contributed by atoms with Crippen LogP contribution in [0.15, 0.2) is 78.4 Å². The van der Waals surface area contributed by atoms with Crippen molar-refractivity contribution >= 4 is 17.5 Å². The van der Waals surface area contributed by atoms with Crippen LogP contribution in [0.2, 0.25) is 0 Å². The Bertz CT molecular complexity index is 1130. The van der Waals surface area contributed by atoms with Crippen molar-refractivity contribution in [1.29, 1.82) is 5.26 Å². The molecule has 7 heteroatoms. The number of allylic oxidation sites excluding steroid dienone is 1. The van der Waals surface area contributed by atoms with E-state index in [1.807, 2.05) is 6.07 Å². The molecule has 0 heterocycles. The van der Waals surface area contributed by atoms with E-state index in [1.54, 1.807) is 30.3 Å². The highest BCUT2D eigenvalue weighted by Gasteiger charge is 2.18. The summed E-state index contributed by atoms with van der Waals surface area (Å²) in [6, 6.07) is 19.2. The van der Waals surface area contributed by atoms with Crippen LogP contribution in [-0.4, -0.2) is 10.7 Å². The number of hydrogen-bond acceptors (Lipinski definition) is 5. The smallest absolute Gasteiger partial charge is 0.312 e. The molecule has 142 valence electrons. The molecule has 0 unspecified atom stereocenters. The second kappa shape index (κ2) is 8.59. The van der Waals surface area contributed by atoms with Gasteiger partial charge in [0.05, 0.1) is 4.92 Å². The molecule has 0 spiro atoms. The number of ether oxygens (including phenoxy) is 1. The van der Waals surface area contributed by atoms with Crippen molar-refractivity contribution in [2.75, 3.05) is 0 Å². The molecule has 0 saturated carbocycles. The molecule has 6 nitrogen and oxygen atoms in total. The topological polar surface area (TPSA) is 93.2 Å². The van der Waals surface area contributed by atoms with E-state index in [9.17, 15) is 24.6 Å². The summed E-state index contributed by atoms with van der Waals surface area (Å²) >= 11 is 0. The van der Waals surface area contributed by atoms with Crippen LogP contribution in [0.4, 0.5) is 10.1 Å². The monoisotopic (exact) mass is 388 g/mol. The van der Waals surface area contributed by atoms with Gasteiger partial charge < -0.3 is 4.74 Å². The number of hydrogen-bond donors (Lipinski definition) is 0. The van der Waals surface area contributed by atoms with Crippen molar-refractivity contribution in [3.05, 3.63) is 105 Å². The third-order valence-corrected chi connectivity index (χ3v) is 3.93. The quantitative estimate of drug-likeness (QED) is 0.187. The average molecular weight is 388 g/mol. The lowest BCUT2D eigenvalue weighted by molar-refractivity contribution is -0.385. The van der Waals surface area contributed by atoms with Crippen LogP contribution < -0.4 is 4.74 Å². The highest BCUT2D eigenvalue weighted by molar-refractivity contribution is 6.14. The molecule has 3 rings (SSSR count). The van der Waals surface area contributed by atoms with Gasteiger partial charge in [0.1, 0.15) is 23.2 Å². The number of nitro benzene ring substituents is 1. The van der Waals surface area contributed by atoms with Crippen molar-refractivity contribution in [2.24, 2.45) is 0 Å². The number of ketones is 1. The summed E-state index contributed by atoms with van der Waals surface area (Å²) in [5.74, 6) is -0.761. The lowest BCUT2D eigenvalue weighted by Crippen LogP contribution is -2.01. The van der Waals surface area contributed by atoms with Crippen LogP contribution in [0.25, 0.3) is 6.08 Å². The first kappa shape index (κ1) is 19.5. The van der Waals surface area contributed by atoms with Gasteiger partial charge in [0.25, 0.3) is 0 Å². The molecule has 0 aromatic heterocycles. The standard InChI is InChI=1S/C22H13FN2O4/c23-18-7-9-19(10-8-18)29-21-11-6-15(13-20(21)25(27)28)12-17(14-24)22(26)16-4-2-1-3-5-16/h1-13H. The Kier molecular flexibility index (Phi) is 5.76. The number of Topliss-reactive ketones (excluding diaryl/α,β-unsaturated/α-hetero) is 1. The van der Waals surface area contributed by atoms with Crippen LogP contribution in [0.1, 0.15) is 15.9 Å². The summed E-state index contributed by atoms with van der Waals surface area (Å²) in [5.41, 5.74) is 0.125. The highest BCUT2D eigenvalue weighted by Crippen LogP contribution is 2.33. The third-order valence-electron chi connectivity index (χ3n) is 3.93. The minimum atomic E-state index is -0.638. The number of rotatable bonds is 6. The van der Waals surface area contributed by atoms with Gasteiger partial charge in [0.2, 0.25) is 11.5 Å². The van der Waals surface area contributed by atoms with E-state index in [0.717, 1.165) is 0 Å². The first-order chi connectivity index (χ1) is 14.0. The third kappa shape index (κ3) is 4.70. The van der Waals surface area contributed by atoms with E-state index in [0.29, 0.717) is 11.1 Å². The van der Waals surface area contributed by atoms with E-state index >= 15 is 0 Å².